The molecule has 0 unspecified atom stereocenters. The molecular weight excluding hydrogens is 421 g/mol. The first kappa shape index (κ1) is 20.1. The van der Waals surface area contributed by atoms with Crippen LogP contribution in [0.3, 0.4) is 0 Å². The molecule has 10 nitrogen and oxygen atoms in total. The van der Waals surface area contributed by atoms with E-state index in [1.807, 2.05) is 0 Å². The molecule has 0 saturated heterocycles. The van der Waals surface area contributed by atoms with E-state index < -0.39 is 23.3 Å². The van der Waals surface area contributed by atoms with Crippen LogP contribution in [-0.4, -0.2) is 47.2 Å². The van der Waals surface area contributed by atoms with E-state index in [1.54, 1.807) is 0 Å². The molecule has 0 bridgehead atoms. The second-order valence-corrected chi connectivity index (χ2v) is 6.34. The Balaban J connectivity index is 1.52. The minimum atomic E-state index is -4.48. The fraction of sp³-hybridized carbons (Fsp3) is 0.167. The lowest BCUT2D eigenvalue weighted by molar-refractivity contribution is -0.137. The SMILES string of the molecule is O=C(O)c1cnn(-c2nc3cnn(CCOc4cccc(C(F)(F)F)c4)c3c(=O)[nH]2)c1. The number of hydrogen-bond acceptors (Lipinski definition) is 6. The number of H-pyrrole nitrogens is 1. The second-order valence-electron chi connectivity index (χ2n) is 6.34. The van der Waals surface area contributed by atoms with Crippen molar-refractivity contribution < 1.29 is 27.8 Å². The summed E-state index contributed by atoms with van der Waals surface area (Å²) in [7, 11) is 0. The third kappa shape index (κ3) is 4.10. The van der Waals surface area contributed by atoms with E-state index in [0.717, 1.165) is 23.0 Å². The molecule has 31 heavy (non-hydrogen) atoms. The number of nitrogens with one attached hydrogen (secondary N) is 1. The standard InChI is InChI=1S/C18H13F3N6O4/c19-18(20,21)11-2-1-3-12(6-11)31-5-4-26-14-13(8-23-26)24-17(25-15(14)28)27-9-10(7-22-27)16(29)30/h1-3,6-9H,4-5H2,(H,29,30)(H,24,25,28). The molecule has 2 N–H and O–H groups in total. The Hall–Kier alpha value is -4.16. The third-order valence-electron chi connectivity index (χ3n) is 4.27. The molecule has 1 aromatic carbocycles. The Kier molecular flexibility index (Phi) is 4.93. The number of carboxylic acid groups (broad SMARTS) is 1. The van der Waals surface area contributed by atoms with Crippen LogP contribution < -0.4 is 10.3 Å². The highest BCUT2D eigenvalue weighted by molar-refractivity contribution is 5.87. The largest absolute Gasteiger partial charge is 0.492 e. The lowest BCUT2D eigenvalue weighted by Gasteiger charge is -2.10. The van der Waals surface area contributed by atoms with Crippen molar-refractivity contribution in [2.75, 3.05) is 6.61 Å². The van der Waals surface area contributed by atoms with Gasteiger partial charge in [0.25, 0.3) is 5.56 Å². The van der Waals surface area contributed by atoms with Gasteiger partial charge in [0.2, 0.25) is 5.95 Å². The number of carboxylic acids is 1. The van der Waals surface area contributed by atoms with Crippen LogP contribution in [0.5, 0.6) is 5.75 Å². The van der Waals surface area contributed by atoms with E-state index in [9.17, 15) is 22.8 Å². The fourth-order valence-corrected chi connectivity index (χ4v) is 2.83. The smallest absolute Gasteiger partial charge is 0.416 e. The number of benzene rings is 1. The van der Waals surface area contributed by atoms with Crippen molar-refractivity contribution in [3.05, 3.63) is 64.3 Å². The van der Waals surface area contributed by atoms with Crippen molar-refractivity contribution in [2.24, 2.45) is 0 Å². The van der Waals surface area contributed by atoms with E-state index in [4.69, 9.17) is 9.84 Å². The van der Waals surface area contributed by atoms with Crippen LogP contribution >= 0.6 is 0 Å². The minimum absolute atomic E-state index is 0.00441. The van der Waals surface area contributed by atoms with Crippen molar-refractivity contribution in [3.8, 4) is 11.7 Å². The summed E-state index contributed by atoms with van der Waals surface area (Å²) in [5, 5.41) is 16.9. The van der Waals surface area contributed by atoms with Gasteiger partial charge in [-0.3, -0.25) is 14.5 Å². The zero-order chi connectivity index (χ0) is 22.2. The summed E-state index contributed by atoms with van der Waals surface area (Å²) < 4.78 is 46.1. The van der Waals surface area contributed by atoms with Gasteiger partial charge in [0.15, 0.2) is 5.52 Å². The fourth-order valence-electron chi connectivity index (χ4n) is 2.83. The van der Waals surface area contributed by atoms with Crippen molar-refractivity contribution >= 4 is 17.0 Å². The summed E-state index contributed by atoms with van der Waals surface area (Å²) >= 11 is 0. The van der Waals surface area contributed by atoms with E-state index in [0.29, 0.717) is 0 Å². The lowest BCUT2D eigenvalue weighted by Crippen LogP contribution is -2.18. The second kappa shape index (κ2) is 7.59. The van der Waals surface area contributed by atoms with Gasteiger partial charge < -0.3 is 9.84 Å². The number of ether oxygens (including phenoxy) is 1. The molecule has 0 aliphatic rings. The summed E-state index contributed by atoms with van der Waals surface area (Å²) in [4.78, 5) is 30.2. The van der Waals surface area contributed by atoms with E-state index in [-0.39, 0.29) is 41.4 Å². The Bertz CT molecular complexity index is 1320. The highest BCUT2D eigenvalue weighted by atomic mass is 19.4. The number of rotatable bonds is 6. The average Bonchev–Trinajstić information content (AvgIpc) is 3.35. The number of nitrogens with zero attached hydrogens (tertiary/aromatic N) is 5. The Morgan fingerprint density at radius 1 is 1.23 bits per heavy atom. The topological polar surface area (TPSA) is 128 Å². The Morgan fingerprint density at radius 2 is 2.03 bits per heavy atom. The van der Waals surface area contributed by atoms with Gasteiger partial charge in [-0.25, -0.2) is 14.5 Å². The summed E-state index contributed by atoms with van der Waals surface area (Å²) in [6.45, 7) is 0.0369. The van der Waals surface area contributed by atoms with Gasteiger partial charge in [-0.1, -0.05) is 6.07 Å². The minimum Gasteiger partial charge on any atom is -0.492 e. The molecule has 0 aliphatic carbocycles. The number of aromatic amines is 1. The number of carbonyl (C=O) groups is 1. The summed E-state index contributed by atoms with van der Waals surface area (Å²) in [6, 6.07) is 4.46. The van der Waals surface area contributed by atoms with Gasteiger partial charge in [-0.15, -0.1) is 0 Å². The Labute approximate surface area is 170 Å². The normalized spacial score (nSPS) is 11.7. The first-order chi connectivity index (χ1) is 14.7. The number of alkyl halides is 3. The van der Waals surface area contributed by atoms with Crippen molar-refractivity contribution in [1.82, 2.24) is 29.5 Å². The highest BCUT2D eigenvalue weighted by Crippen LogP contribution is 2.31. The summed E-state index contributed by atoms with van der Waals surface area (Å²) in [5.74, 6) is -1.14. The number of aromatic carboxylic acids is 1. The van der Waals surface area contributed by atoms with Gasteiger partial charge in [0, 0.05) is 6.20 Å². The van der Waals surface area contributed by atoms with Crippen LogP contribution in [0, 0.1) is 0 Å². The number of fused-ring (bicyclic) bond motifs is 1. The number of halogens is 3. The molecule has 4 aromatic rings. The van der Waals surface area contributed by atoms with Gasteiger partial charge in [0.1, 0.15) is 17.9 Å². The molecule has 0 aliphatic heterocycles. The van der Waals surface area contributed by atoms with Crippen LogP contribution in [0.15, 0.2) is 47.7 Å². The lowest BCUT2D eigenvalue weighted by atomic mass is 10.2. The van der Waals surface area contributed by atoms with Crippen LogP contribution in [0.1, 0.15) is 15.9 Å². The molecule has 0 atom stereocenters. The molecule has 3 aromatic heterocycles. The van der Waals surface area contributed by atoms with Crippen LogP contribution in [-0.2, 0) is 12.7 Å². The maximum Gasteiger partial charge on any atom is 0.416 e. The molecule has 3 heterocycles. The predicted molar refractivity (Wildman–Crippen MR) is 99.2 cm³/mol. The quantitative estimate of drug-likeness (QED) is 0.476. The van der Waals surface area contributed by atoms with E-state index >= 15 is 0 Å². The predicted octanol–water partition coefficient (Wildman–Crippen LogP) is 2.10. The molecule has 0 radical (unpaired) electrons. The van der Waals surface area contributed by atoms with Crippen LogP contribution in [0.25, 0.3) is 17.0 Å². The van der Waals surface area contributed by atoms with Gasteiger partial charge >= 0.3 is 12.1 Å². The zero-order valence-electron chi connectivity index (χ0n) is 15.5. The van der Waals surface area contributed by atoms with Gasteiger partial charge in [0.05, 0.1) is 30.1 Å². The molecule has 0 spiro atoms. The Morgan fingerprint density at radius 3 is 2.74 bits per heavy atom. The molecular formula is C18H13F3N6O4. The van der Waals surface area contributed by atoms with Gasteiger partial charge in [-0.05, 0) is 18.2 Å². The molecule has 0 saturated carbocycles. The molecule has 0 amide bonds. The van der Waals surface area contributed by atoms with Crippen LogP contribution in [0.2, 0.25) is 0 Å². The summed E-state index contributed by atoms with van der Waals surface area (Å²) in [5.41, 5.74) is -1.10. The van der Waals surface area contributed by atoms with E-state index in [1.165, 1.54) is 29.2 Å². The average molecular weight is 434 g/mol. The first-order valence-corrected chi connectivity index (χ1v) is 8.76. The van der Waals surface area contributed by atoms with Crippen molar-refractivity contribution in [2.45, 2.75) is 12.7 Å². The van der Waals surface area contributed by atoms with Crippen molar-refractivity contribution in [3.63, 3.8) is 0 Å². The molecule has 4 rings (SSSR count). The highest BCUT2D eigenvalue weighted by Gasteiger charge is 2.30. The maximum atomic E-state index is 12.8. The maximum absolute atomic E-state index is 12.8. The monoisotopic (exact) mass is 434 g/mol. The zero-order valence-corrected chi connectivity index (χ0v) is 15.5. The molecule has 160 valence electrons. The summed E-state index contributed by atoms with van der Waals surface area (Å²) in [6.07, 6.45) is -0.838. The third-order valence-corrected chi connectivity index (χ3v) is 4.27. The molecule has 0 fully saturated rings. The first-order valence-electron chi connectivity index (χ1n) is 8.76. The number of aromatic nitrogens is 6. The molecule has 13 heteroatoms. The van der Waals surface area contributed by atoms with Crippen molar-refractivity contribution in [1.29, 1.82) is 0 Å². The number of hydrogen-bond donors (Lipinski definition) is 2. The van der Waals surface area contributed by atoms with Crippen LogP contribution in [0.4, 0.5) is 13.2 Å². The van der Waals surface area contributed by atoms with E-state index in [2.05, 4.69) is 20.2 Å². The van der Waals surface area contributed by atoms with Gasteiger partial charge in [-0.2, -0.15) is 23.4 Å².